The van der Waals surface area contributed by atoms with Crippen molar-refractivity contribution in [1.82, 2.24) is 15.2 Å². The van der Waals surface area contributed by atoms with Crippen LogP contribution in [0.1, 0.15) is 0 Å². The van der Waals surface area contributed by atoms with Crippen LogP contribution in [0.4, 0.5) is 10.1 Å². The molecule has 0 fully saturated rings. The standard InChI is InChI=1S/C14H9Cl2FN4/c15-8-5-4-7(6-11(8)18)13-19-14(21-20-13)12-9(16)2-1-3-10(12)17/h1-6H,18H2,(H,19,20,21). The van der Waals surface area contributed by atoms with Crippen molar-refractivity contribution in [3.05, 3.63) is 52.3 Å². The van der Waals surface area contributed by atoms with Gasteiger partial charge in [-0.25, -0.2) is 9.37 Å². The molecular formula is C14H9Cl2FN4. The zero-order valence-corrected chi connectivity index (χ0v) is 12.1. The molecule has 106 valence electrons. The molecule has 1 aromatic heterocycles. The third-order valence-corrected chi connectivity index (χ3v) is 3.60. The summed E-state index contributed by atoms with van der Waals surface area (Å²) in [5, 5.41) is 7.44. The van der Waals surface area contributed by atoms with Crippen LogP contribution in [-0.2, 0) is 0 Å². The molecule has 0 bridgehead atoms. The molecule has 3 N–H and O–H groups in total. The second-order valence-electron chi connectivity index (χ2n) is 4.34. The molecule has 7 heteroatoms. The van der Waals surface area contributed by atoms with E-state index in [0.717, 1.165) is 0 Å². The number of aromatic nitrogens is 3. The number of rotatable bonds is 2. The van der Waals surface area contributed by atoms with Crippen molar-refractivity contribution in [2.75, 3.05) is 5.73 Å². The lowest BCUT2D eigenvalue weighted by Crippen LogP contribution is -1.89. The Morgan fingerprint density at radius 1 is 1.10 bits per heavy atom. The summed E-state index contributed by atoms with van der Waals surface area (Å²) >= 11 is 11.9. The van der Waals surface area contributed by atoms with E-state index in [1.54, 1.807) is 24.3 Å². The van der Waals surface area contributed by atoms with E-state index in [1.807, 2.05) is 0 Å². The fourth-order valence-corrected chi connectivity index (χ4v) is 2.28. The van der Waals surface area contributed by atoms with E-state index >= 15 is 0 Å². The van der Waals surface area contributed by atoms with E-state index in [0.29, 0.717) is 22.1 Å². The molecule has 0 amide bonds. The van der Waals surface area contributed by atoms with Crippen molar-refractivity contribution >= 4 is 28.9 Å². The van der Waals surface area contributed by atoms with E-state index in [9.17, 15) is 4.39 Å². The van der Waals surface area contributed by atoms with E-state index in [-0.39, 0.29) is 16.4 Å². The van der Waals surface area contributed by atoms with Gasteiger partial charge in [0, 0.05) is 5.56 Å². The Kier molecular flexibility index (Phi) is 3.53. The van der Waals surface area contributed by atoms with Gasteiger partial charge in [0.05, 0.1) is 21.3 Å². The van der Waals surface area contributed by atoms with Gasteiger partial charge >= 0.3 is 0 Å². The number of hydrogen-bond acceptors (Lipinski definition) is 3. The fraction of sp³-hybridized carbons (Fsp3) is 0. The van der Waals surface area contributed by atoms with Crippen LogP contribution < -0.4 is 5.73 Å². The number of hydrogen-bond donors (Lipinski definition) is 2. The number of nitrogens with two attached hydrogens (primary N) is 1. The van der Waals surface area contributed by atoms with Crippen LogP contribution in [-0.4, -0.2) is 15.2 Å². The Hall–Kier alpha value is -2.11. The lowest BCUT2D eigenvalue weighted by Gasteiger charge is -2.01. The van der Waals surface area contributed by atoms with Crippen molar-refractivity contribution in [1.29, 1.82) is 0 Å². The Morgan fingerprint density at radius 2 is 1.90 bits per heavy atom. The molecule has 0 aliphatic rings. The van der Waals surface area contributed by atoms with Gasteiger partial charge < -0.3 is 5.73 Å². The SMILES string of the molecule is Nc1cc(-c2n[nH]c(-c3c(F)cccc3Cl)n2)ccc1Cl. The third-order valence-electron chi connectivity index (χ3n) is 2.94. The molecule has 3 rings (SSSR count). The van der Waals surface area contributed by atoms with Gasteiger partial charge in [-0.1, -0.05) is 29.3 Å². The van der Waals surface area contributed by atoms with Crippen molar-refractivity contribution in [3.8, 4) is 22.8 Å². The summed E-state index contributed by atoms with van der Waals surface area (Å²) in [6, 6.07) is 9.45. The van der Waals surface area contributed by atoms with E-state index in [4.69, 9.17) is 28.9 Å². The highest BCUT2D eigenvalue weighted by Crippen LogP contribution is 2.30. The van der Waals surface area contributed by atoms with Gasteiger partial charge in [-0.3, -0.25) is 5.10 Å². The first kappa shape index (κ1) is 13.9. The summed E-state index contributed by atoms with van der Waals surface area (Å²) in [6.07, 6.45) is 0. The molecule has 2 aromatic carbocycles. The maximum Gasteiger partial charge on any atom is 0.181 e. The summed E-state index contributed by atoms with van der Waals surface area (Å²) in [5.41, 5.74) is 7.02. The quantitative estimate of drug-likeness (QED) is 0.696. The molecule has 0 saturated carbocycles. The van der Waals surface area contributed by atoms with Gasteiger partial charge in [0.15, 0.2) is 11.6 Å². The van der Waals surface area contributed by atoms with Crippen molar-refractivity contribution < 1.29 is 4.39 Å². The smallest absolute Gasteiger partial charge is 0.181 e. The van der Waals surface area contributed by atoms with Gasteiger partial charge in [-0.15, -0.1) is 0 Å². The highest BCUT2D eigenvalue weighted by Gasteiger charge is 2.15. The van der Waals surface area contributed by atoms with Crippen LogP contribution in [0.2, 0.25) is 10.0 Å². The van der Waals surface area contributed by atoms with Gasteiger partial charge in [-0.05, 0) is 30.3 Å². The third kappa shape index (κ3) is 2.57. The van der Waals surface area contributed by atoms with E-state index < -0.39 is 5.82 Å². The molecule has 4 nitrogen and oxygen atoms in total. The maximum atomic E-state index is 13.9. The Labute approximate surface area is 129 Å². The fourth-order valence-electron chi connectivity index (χ4n) is 1.91. The molecule has 0 radical (unpaired) electrons. The molecule has 0 spiro atoms. The van der Waals surface area contributed by atoms with Crippen LogP contribution >= 0.6 is 23.2 Å². The number of H-pyrrole nitrogens is 1. The predicted molar refractivity (Wildman–Crippen MR) is 81.6 cm³/mol. The molecule has 0 aliphatic heterocycles. The highest BCUT2D eigenvalue weighted by atomic mass is 35.5. The number of halogens is 3. The second kappa shape index (κ2) is 5.35. The number of benzene rings is 2. The van der Waals surface area contributed by atoms with Gasteiger partial charge in [0.25, 0.3) is 0 Å². The zero-order valence-electron chi connectivity index (χ0n) is 10.6. The number of anilines is 1. The van der Waals surface area contributed by atoms with E-state index in [2.05, 4.69) is 15.2 Å². The highest BCUT2D eigenvalue weighted by molar-refractivity contribution is 6.33. The Morgan fingerprint density at radius 3 is 2.62 bits per heavy atom. The maximum absolute atomic E-state index is 13.9. The minimum atomic E-state index is -0.471. The molecule has 0 aliphatic carbocycles. The van der Waals surface area contributed by atoms with E-state index in [1.165, 1.54) is 12.1 Å². The first-order valence-electron chi connectivity index (χ1n) is 5.98. The summed E-state index contributed by atoms with van der Waals surface area (Å²) in [6.45, 7) is 0. The van der Waals surface area contributed by atoms with Crippen molar-refractivity contribution in [3.63, 3.8) is 0 Å². The van der Waals surface area contributed by atoms with Crippen LogP contribution in [0.3, 0.4) is 0 Å². The first-order chi connectivity index (χ1) is 10.1. The summed E-state index contributed by atoms with van der Waals surface area (Å²) in [4.78, 5) is 4.25. The number of aromatic amines is 1. The van der Waals surface area contributed by atoms with Crippen LogP contribution in [0.5, 0.6) is 0 Å². The molecular weight excluding hydrogens is 314 g/mol. The molecule has 0 unspecified atom stereocenters. The largest absolute Gasteiger partial charge is 0.398 e. The summed E-state index contributed by atoms with van der Waals surface area (Å²) in [5.74, 6) is 0.162. The number of nitrogens with zero attached hydrogens (tertiary/aromatic N) is 2. The number of nitrogens with one attached hydrogen (secondary N) is 1. The van der Waals surface area contributed by atoms with Gasteiger partial charge in [0.1, 0.15) is 5.82 Å². The molecule has 21 heavy (non-hydrogen) atoms. The summed E-state index contributed by atoms with van der Waals surface area (Å²) < 4.78 is 13.9. The lowest BCUT2D eigenvalue weighted by molar-refractivity contribution is 0.630. The Balaban J connectivity index is 2.06. The Bertz CT molecular complexity index is 796. The lowest BCUT2D eigenvalue weighted by atomic mass is 10.2. The second-order valence-corrected chi connectivity index (χ2v) is 5.15. The monoisotopic (exact) mass is 322 g/mol. The van der Waals surface area contributed by atoms with Crippen molar-refractivity contribution in [2.45, 2.75) is 0 Å². The normalized spacial score (nSPS) is 10.8. The van der Waals surface area contributed by atoms with Gasteiger partial charge in [0.2, 0.25) is 0 Å². The zero-order chi connectivity index (χ0) is 15.0. The first-order valence-corrected chi connectivity index (χ1v) is 6.74. The van der Waals surface area contributed by atoms with Crippen molar-refractivity contribution in [2.24, 2.45) is 0 Å². The number of nitrogen functional groups attached to an aromatic ring is 1. The minimum absolute atomic E-state index is 0.180. The predicted octanol–water partition coefficient (Wildman–Crippen LogP) is 4.17. The molecule has 3 aromatic rings. The molecule has 1 heterocycles. The molecule has 0 saturated heterocycles. The molecule has 0 atom stereocenters. The topological polar surface area (TPSA) is 67.6 Å². The minimum Gasteiger partial charge on any atom is -0.398 e. The van der Waals surface area contributed by atoms with Crippen LogP contribution in [0, 0.1) is 5.82 Å². The van der Waals surface area contributed by atoms with Gasteiger partial charge in [-0.2, -0.15) is 5.10 Å². The summed E-state index contributed by atoms with van der Waals surface area (Å²) in [7, 11) is 0. The average Bonchev–Trinajstić information content (AvgIpc) is 2.91. The van der Waals surface area contributed by atoms with Crippen LogP contribution in [0.25, 0.3) is 22.8 Å². The van der Waals surface area contributed by atoms with Crippen LogP contribution in [0.15, 0.2) is 36.4 Å². The average molecular weight is 323 g/mol.